The van der Waals surface area contributed by atoms with E-state index in [2.05, 4.69) is 39.9 Å². The molecule has 0 radical (unpaired) electrons. The van der Waals surface area contributed by atoms with Crippen molar-refractivity contribution >= 4 is 5.82 Å². The Morgan fingerprint density at radius 1 is 1.24 bits per heavy atom. The number of piperidine rings is 1. The molecule has 116 valence electrons. The molecule has 1 saturated carbocycles. The Morgan fingerprint density at radius 3 is 2.67 bits per heavy atom. The molecule has 2 aliphatic rings. The van der Waals surface area contributed by atoms with Crippen LogP contribution in [0.5, 0.6) is 0 Å². The predicted molar refractivity (Wildman–Crippen MR) is 83.5 cm³/mol. The second kappa shape index (κ2) is 6.28. The number of rotatable bonds is 5. The molecule has 0 amide bonds. The molecule has 2 heterocycles. The van der Waals surface area contributed by atoms with Gasteiger partial charge in [-0.2, -0.15) is 0 Å². The Hall–Kier alpha value is -1.20. The second-order valence-electron chi connectivity index (χ2n) is 6.89. The minimum atomic E-state index is 0.265. The molecule has 2 atom stereocenters. The van der Waals surface area contributed by atoms with E-state index in [4.69, 9.17) is 0 Å². The highest BCUT2D eigenvalue weighted by Crippen LogP contribution is 2.39. The van der Waals surface area contributed by atoms with Gasteiger partial charge < -0.3 is 14.9 Å². The third kappa shape index (κ3) is 3.71. The lowest BCUT2D eigenvalue weighted by molar-refractivity contribution is 0.170. The quantitative estimate of drug-likeness (QED) is 0.887. The van der Waals surface area contributed by atoms with Gasteiger partial charge in [0.15, 0.2) is 0 Å². The average Bonchev–Trinajstić information content (AvgIpc) is 3.31. The maximum Gasteiger partial charge on any atom is 0.132 e. The summed E-state index contributed by atoms with van der Waals surface area (Å²) in [4.78, 5) is 13.5. The van der Waals surface area contributed by atoms with Crippen molar-refractivity contribution in [3.8, 4) is 0 Å². The van der Waals surface area contributed by atoms with Crippen LogP contribution in [0.15, 0.2) is 12.4 Å². The van der Waals surface area contributed by atoms with Crippen molar-refractivity contribution in [1.29, 1.82) is 0 Å². The van der Waals surface area contributed by atoms with E-state index in [9.17, 15) is 5.11 Å². The van der Waals surface area contributed by atoms with E-state index in [1.54, 1.807) is 6.33 Å². The first-order valence-electron chi connectivity index (χ1n) is 7.98. The van der Waals surface area contributed by atoms with Gasteiger partial charge in [-0.3, -0.25) is 0 Å². The van der Waals surface area contributed by atoms with Gasteiger partial charge in [0.2, 0.25) is 0 Å². The van der Waals surface area contributed by atoms with Crippen molar-refractivity contribution in [1.82, 2.24) is 14.9 Å². The summed E-state index contributed by atoms with van der Waals surface area (Å²) in [6, 6.07) is 2.16. The van der Waals surface area contributed by atoms with Gasteiger partial charge in [-0.15, -0.1) is 0 Å². The molecule has 0 spiro atoms. The van der Waals surface area contributed by atoms with Crippen LogP contribution in [-0.2, 0) is 0 Å². The summed E-state index contributed by atoms with van der Waals surface area (Å²) in [5.41, 5.74) is 1.19. The van der Waals surface area contributed by atoms with Crippen LogP contribution >= 0.6 is 0 Å². The number of nitrogens with zero attached hydrogens (tertiary/aromatic N) is 4. The van der Waals surface area contributed by atoms with Crippen LogP contribution in [0.4, 0.5) is 5.82 Å². The number of anilines is 1. The van der Waals surface area contributed by atoms with Crippen LogP contribution in [0.1, 0.15) is 30.9 Å². The van der Waals surface area contributed by atoms with Crippen LogP contribution in [0, 0.1) is 11.8 Å². The Bertz CT molecular complexity index is 475. The third-order valence-electron chi connectivity index (χ3n) is 4.50. The molecule has 5 nitrogen and oxygen atoms in total. The molecule has 1 aliphatic carbocycles. The average molecular weight is 290 g/mol. The van der Waals surface area contributed by atoms with Gasteiger partial charge in [0.25, 0.3) is 0 Å². The lowest BCUT2D eigenvalue weighted by Crippen LogP contribution is -2.45. The number of hydrogen-bond donors (Lipinski definition) is 1. The zero-order valence-corrected chi connectivity index (χ0v) is 13.1. The fraction of sp³-hybridized carbons (Fsp3) is 0.750. The number of aromatic nitrogens is 2. The minimum Gasteiger partial charge on any atom is -0.396 e. The smallest absolute Gasteiger partial charge is 0.132 e. The van der Waals surface area contributed by atoms with Crippen molar-refractivity contribution in [2.24, 2.45) is 11.8 Å². The van der Waals surface area contributed by atoms with Crippen LogP contribution in [-0.4, -0.2) is 60.3 Å². The fourth-order valence-electron chi connectivity index (χ4n) is 3.42. The molecular weight excluding hydrogens is 264 g/mol. The first-order valence-corrected chi connectivity index (χ1v) is 7.98. The monoisotopic (exact) mass is 290 g/mol. The van der Waals surface area contributed by atoms with Gasteiger partial charge in [0.1, 0.15) is 12.1 Å². The molecular formula is C16H26N4O. The molecule has 0 bridgehead atoms. The van der Waals surface area contributed by atoms with Gasteiger partial charge in [0, 0.05) is 43.9 Å². The van der Waals surface area contributed by atoms with Crippen molar-refractivity contribution in [3.63, 3.8) is 0 Å². The maximum atomic E-state index is 9.59. The first-order chi connectivity index (χ1) is 10.2. The van der Waals surface area contributed by atoms with Crippen LogP contribution in [0.25, 0.3) is 0 Å². The van der Waals surface area contributed by atoms with Gasteiger partial charge >= 0.3 is 0 Å². The summed E-state index contributed by atoms with van der Waals surface area (Å²) >= 11 is 0. The Labute approximate surface area is 127 Å². The van der Waals surface area contributed by atoms with Crippen LogP contribution < -0.4 is 4.90 Å². The molecule has 1 aromatic rings. The van der Waals surface area contributed by atoms with E-state index in [0.717, 1.165) is 31.9 Å². The maximum absolute atomic E-state index is 9.59. The van der Waals surface area contributed by atoms with E-state index in [0.29, 0.717) is 17.8 Å². The van der Waals surface area contributed by atoms with Gasteiger partial charge in [-0.25, -0.2) is 9.97 Å². The third-order valence-corrected chi connectivity index (χ3v) is 4.50. The van der Waals surface area contributed by atoms with E-state index in [1.807, 2.05) is 0 Å². The van der Waals surface area contributed by atoms with E-state index >= 15 is 0 Å². The lowest BCUT2D eigenvalue weighted by atomic mass is 9.89. The standard InChI is InChI=1S/C16H26N4O/c1-19(2)7-12-5-13(10-21)9-20(8-12)16-6-15(14-3-4-14)17-11-18-16/h6,11-14,21H,3-5,7-10H2,1-2H3/t12-,13+/m1/s1. The van der Waals surface area contributed by atoms with Crippen LogP contribution in [0.2, 0.25) is 0 Å². The summed E-state index contributed by atoms with van der Waals surface area (Å²) in [6.07, 6.45) is 5.33. The Kier molecular flexibility index (Phi) is 4.40. The lowest BCUT2D eigenvalue weighted by Gasteiger charge is -2.39. The van der Waals surface area contributed by atoms with E-state index in [1.165, 1.54) is 18.5 Å². The Morgan fingerprint density at radius 2 is 2.00 bits per heavy atom. The summed E-state index contributed by atoms with van der Waals surface area (Å²) in [5, 5.41) is 9.59. The zero-order chi connectivity index (χ0) is 14.8. The van der Waals surface area contributed by atoms with Crippen molar-refractivity contribution in [3.05, 3.63) is 18.1 Å². The van der Waals surface area contributed by atoms with E-state index in [-0.39, 0.29) is 6.61 Å². The first kappa shape index (κ1) is 14.7. The van der Waals surface area contributed by atoms with Crippen molar-refractivity contribution in [2.45, 2.75) is 25.2 Å². The molecule has 1 aliphatic heterocycles. The normalized spacial score (nSPS) is 26.4. The minimum absolute atomic E-state index is 0.265. The van der Waals surface area contributed by atoms with E-state index < -0.39 is 0 Å². The molecule has 21 heavy (non-hydrogen) atoms. The topological polar surface area (TPSA) is 52.5 Å². The fourth-order valence-corrected chi connectivity index (χ4v) is 3.42. The molecule has 1 saturated heterocycles. The molecule has 5 heteroatoms. The van der Waals surface area contributed by atoms with Crippen LogP contribution in [0.3, 0.4) is 0 Å². The summed E-state index contributed by atoms with van der Waals surface area (Å²) in [6.45, 7) is 3.26. The Balaban J connectivity index is 1.74. The summed E-state index contributed by atoms with van der Waals surface area (Å²) < 4.78 is 0. The second-order valence-corrected chi connectivity index (χ2v) is 6.89. The van der Waals surface area contributed by atoms with Gasteiger partial charge in [-0.1, -0.05) is 0 Å². The number of aliphatic hydroxyl groups excluding tert-OH is 1. The SMILES string of the molecule is CN(C)C[C@H]1C[C@H](CO)CN(c2cc(C3CC3)ncn2)C1. The van der Waals surface area contributed by atoms with Gasteiger partial charge in [-0.05, 0) is 45.2 Å². The molecule has 0 unspecified atom stereocenters. The zero-order valence-electron chi connectivity index (χ0n) is 13.1. The molecule has 3 rings (SSSR count). The van der Waals surface area contributed by atoms with Crippen molar-refractivity contribution in [2.75, 3.05) is 45.2 Å². The highest BCUT2D eigenvalue weighted by Gasteiger charge is 2.30. The number of hydrogen-bond acceptors (Lipinski definition) is 5. The molecule has 0 aromatic carbocycles. The largest absolute Gasteiger partial charge is 0.396 e. The molecule has 1 aromatic heterocycles. The molecule has 1 N–H and O–H groups in total. The van der Waals surface area contributed by atoms with Gasteiger partial charge in [0.05, 0.1) is 0 Å². The predicted octanol–water partition coefficient (Wildman–Crippen LogP) is 1.35. The highest BCUT2D eigenvalue weighted by atomic mass is 16.3. The molecule has 2 fully saturated rings. The summed E-state index contributed by atoms with van der Waals surface area (Å²) in [5.74, 6) is 2.63. The summed E-state index contributed by atoms with van der Waals surface area (Å²) in [7, 11) is 4.23. The van der Waals surface area contributed by atoms with Crippen molar-refractivity contribution < 1.29 is 5.11 Å². The number of aliphatic hydroxyl groups is 1. The highest BCUT2D eigenvalue weighted by molar-refractivity contribution is 5.41.